The normalized spacial score (nSPS) is 17.4. The number of carbonyl (C=O) groups excluding carboxylic acids is 3. The maximum Gasteiger partial charge on any atom is 0.261 e. The first-order chi connectivity index (χ1) is 26.3. The smallest absolute Gasteiger partial charge is 0.261 e. The van der Waals surface area contributed by atoms with Crippen LogP contribution in [-0.4, -0.2) is 76.2 Å². The van der Waals surface area contributed by atoms with Gasteiger partial charge in [0.2, 0.25) is 0 Å². The summed E-state index contributed by atoms with van der Waals surface area (Å²) in [6.45, 7) is 2.58. The molecular weight excluding hydrogens is 688 g/mol. The molecule has 0 N–H and O–H groups in total. The van der Waals surface area contributed by atoms with Crippen molar-refractivity contribution in [1.29, 1.82) is 0 Å². The Labute approximate surface area is 313 Å². The number of amides is 2. The Kier molecular flexibility index (Phi) is 9.49. The summed E-state index contributed by atoms with van der Waals surface area (Å²) in [7, 11) is 3.08. The summed E-state index contributed by atoms with van der Waals surface area (Å²) in [5.41, 5.74) is 5.72. The highest BCUT2D eigenvalue weighted by Crippen LogP contribution is 2.43. The molecule has 4 aromatic rings. The summed E-state index contributed by atoms with van der Waals surface area (Å²) in [5.74, 6) is 2.25. The van der Waals surface area contributed by atoms with Gasteiger partial charge < -0.3 is 28.5 Å². The Hall–Kier alpha value is -6.17. The van der Waals surface area contributed by atoms with E-state index in [1.165, 1.54) is 7.11 Å². The van der Waals surface area contributed by atoms with E-state index >= 15 is 0 Å². The highest BCUT2D eigenvalue weighted by Gasteiger charge is 2.38. The standard InChI is InChI=1S/C42H40N4O8/c1-25(47)8-6-13-52-30-12-11-27-17-29-24-44-34-22-40(38(51-3)20-32(34)42(49)46(29)36(27)18-30)54-15-7-14-53-39-21-33-31(19-37(39)50-2)41(48)45-28(23-43-33)16-26-9-4-5-10-35(26)45/h4-5,9-12,18-24,28-29H,6-8,13-17H2,1-3H3/t28-,29-/m0/s1. The fraction of sp³-hybridized carbons (Fsp3) is 0.310. The molecule has 0 bridgehead atoms. The van der Waals surface area contributed by atoms with Gasteiger partial charge in [-0.15, -0.1) is 0 Å². The number of nitrogens with zero attached hydrogens (tertiary/aromatic N) is 4. The van der Waals surface area contributed by atoms with Crippen molar-refractivity contribution >= 4 is 52.8 Å². The molecule has 4 aliphatic heterocycles. The van der Waals surface area contributed by atoms with Crippen LogP contribution in [0.2, 0.25) is 0 Å². The second kappa shape index (κ2) is 14.7. The molecule has 4 aliphatic rings. The minimum atomic E-state index is -0.247. The largest absolute Gasteiger partial charge is 0.494 e. The molecule has 4 aromatic carbocycles. The lowest BCUT2D eigenvalue weighted by Gasteiger charge is -2.22. The predicted octanol–water partition coefficient (Wildman–Crippen LogP) is 6.87. The molecule has 12 nitrogen and oxygen atoms in total. The zero-order valence-corrected chi connectivity index (χ0v) is 30.4. The monoisotopic (exact) mass is 728 g/mol. The predicted molar refractivity (Wildman–Crippen MR) is 205 cm³/mol. The number of ketones is 1. The molecular formula is C42H40N4O8. The summed E-state index contributed by atoms with van der Waals surface area (Å²) in [4.78, 5) is 52.0. The van der Waals surface area contributed by atoms with Crippen molar-refractivity contribution < 1.29 is 38.1 Å². The van der Waals surface area contributed by atoms with E-state index in [2.05, 4.69) is 4.99 Å². The van der Waals surface area contributed by atoms with Crippen LogP contribution in [0.25, 0.3) is 0 Å². The van der Waals surface area contributed by atoms with Crippen LogP contribution in [0.5, 0.6) is 28.7 Å². The second-order valence-electron chi connectivity index (χ2n) is 13.6. The van der Waals surface area contributed by atoms with E-state index in [-0.39, 0.29) is 29.7 Å². The maximum absolute atomic E-state index is 14.0. The van der Waals surface area contributed by atoms with Crippen molar-refractivity contribution in [2.75, 3.05) is 43.8 Å². The van der Waals surface area contributed by atoms with E-state index in [9.17, 15) is 14.4 Å². The molecule has 12 heteroatoms. The van der Waals surface area contributed by atoms with Crippen molar-refractivity contribution in [3.63, 3.8) is 0 Å². The molecule has 4 heterocycles. The third kappa shape index (κ3) is 6.52. The van der Waals surface area contributed by atoms with Gasteiger partial charge in [0.15, 0.2) is 23.0 Å². The van der Waals surface area contributed by atoms with Gasteiger partial charge in [-0.2, -0.15) is 0 Å². The molecule has 0 aromatic heterocycles. The van der Waals surface area contributed by atoms with Crippen LogP contribution in [0.1, 0.15) is 58.0 Å². The first kappa shape index (κ1) is 34.9. The number of anilines is 2. The minimum Gasteiger partial charge on any atom is -0.494 e. The Morgan fingerprint density at radius 3 is 1.81 bits per heavy atom. The van der Waals surface area contributed by atoms with Crippen LogP contribution >= 0.6 is 0 Å². The van der Waals surface area contributed by atoms with Crippen molar-refractivity contribution in [2.45, 2.75) is 51.1 Å². The fourth-order valence-corrected chi connectivity index (χ4v) is 7.42. The average molecular weight is 729 g/mol. The molecule has 0 saturated heterocycles. The number of rotatable bonds is 13. The molecule has 276 valence electrons. The van der Waals surface area contributed by atoms with E-state index in [4.69, 9.17) is 28.7 Å². The number of fused-ring (bicyclic) bond motifs is 8. The molecule has 2 atom stereocenters. The van der Waals surface area contributed by atoms with Gasteiger partial charge in [-0.1, -0.05) is 24.3 Å². The molecule has 0 spiro atoms. The minimum absolute atomic E-state index is 0.126. The topological polar surface area (TPSA) is 129 Å². The van der Waals surface area contributed by atoms with Crippen molar-refractivity contribution in [3.8, 4) is 28.7 Å². The highest BCUT2D eigenvalue weighted by atomic mass is 16.5. The van der Waals surface area contributed by atoms with E-state index < -0.39 is 0 Å². The average Bonchev–Trinajstić information content (AvgIpc) is 3.66. The number of aliphatic imine (C=N–C) groups is 2. The van der Waals surface area contributed by atoms with Gasteiger partial charge in [0.25, 0.3) is 11.8 Å². The number of benzene rings is 4. The number of Topliss-reactive ketones (excluding diaryl/α,β-unsaturated/α-hetero) is 1. The lowest BCUT2D eigenvalue weighted by atomic mass is 10.1. The molecule has 0 saturated carbocycles. The van der Waals surface area contributed by atoms with E-state index in [1.54, 1.807) is 54.3 Å². The molecule has 0 unspecified atom stereocenters. The molecule has 54 heavy (non-hydrogen) atoms. The third-order valence-corrected chi connectivity index (χ3v) is 10.1. The first-order valence-corrected chi connectivity index (χ1v) is 18.1. The Morgan fingerprint density at radius 2 is 1.22 bits per heavy atom. The number of hydrogen-bond donors (Lipinski definition) is 0. The third-order valence-electron chi connectivity index (χ3n) is 10.1. The van der Waals surface area contributed by atoms with Crippen LogP contribution in [0.3, 0.4) is 0 Å². The van der Waals surface area contributed by atoms with Crippen LogP contribution < -0.4 is 33.5 Å². The van der Waals surface area contributed by atoms with Crippen LogP contribution in [0, 0.1) is 0 Å². The van der Waals surface area contributed by atoms with E-state index in [0.29, 0.717) is 103 Å². The summed E-state index contributed by atoms with van der Waals surface area (Å²) >= 11 is 0. The molecule has 2 amide bonds. The molecule has 0 radical (unpaired) electrons. The van der Waals surface area contributed by atoms with E-state index in [1.807, 2.05) is 48.7 Å². The quantitative estimate of drug-likeness (QED) is 0.137. The van der Waals surface area contributed by atoms with Crippen LogP contribution in [0.15, 0.2) is 76.7 Å². The number of hydrogen-bond acceptors (Lipinski definition) is 10. The SMILES string of the molecule is COc1cc2c(cc1OCCCOc1cc3c(cc1OC)C(=O)N1c4cc(OCCCC(C)=O)ccc4C[C@H]1C=N3)N=C[C@@H]1Cc3ccccc3N1C2=O. The second-order valence-corrected chi connectivity index (χ2v) is 13.6. The van der Waals surface area contributed by atoms with Crippen molar-refractivity contribution in [3.05, 3.63) is 89.0 Å². The summed E-state index contributed by atoms with van der Waals surface area (Å²) in [5, 5.41) is 0. The van der Waals surface area contributed by atoms with Crippen molar-refractivity contribution in [2.24, 2.45) is 9.98 Å². The zero-order chi connectivity index (χ0) is 37.3. The summed E-state index contributed by atoms with van der Waals surface area (Å²) in [6, 6.07) is 20.1. The Balaban J connectivity index is 0.919. The van der Waals surface area contributed by atoms with Crippen molar-refractivity contribution in [1.82, 2.24) is 0 Å². The van der Waals surface area contributed by atoms with Gasteiger partial charge in [-0.3, -0.25) is 29.4 Å². The highest BCUT2D eigenvalue weighted by molar-refractivity contribution is 6.16. The maximum atomic E-state index is 14.0. The first-order valence-electron chi connectivity index (χ1n) is 18.1. The van der Waals surface area contributed by atoms with Crippen LogP contribution in [0.4, 0.5) is 22.7 Å². The number of carbonyl (C=O) groups is 3. The van der Waals surface area contributed by atoms with Gasteiger partial charge in [-0.05, 0) is 48.7 Å². The van der Waals surface area contributed by atoms with Gasteiger partial charge >= 0.3 is 0 Å². The van der Waals surface area contributed by atoms with Gasteiger partial charge in [0, 0.05) is 62.0 Å². The number of para-hydroxylation sites is 1. The lowest BCUT2D eigenvalue weighted by molar-refractivity contribution is -0.117. The van der Waals surface area contributed by atoms with Gasteiger partial charge in [0.1, 0.15) is 11.5 Å². The fourth-order valence-electron chi connectivity index (χ4n) is 7.42. The summed E-state index contributed by atoms with van der Waals surface area (Å²) < 4.78 is 29.5. The number of ether oxygens (including phenoxy) is 5. The van der Waals surface area contributed by atoms with Gasteiger partial charge in [0.05, 0.1) is 74.3 Å². The Bertz CT molecular complexity index is 2210. The van der Waals surface area contributed by atoms with Crippen LogP contribution in [-0.2, 0) is 17.6 Å². The lowest BCUT2D eigenvalue weighted by Crippen LogP contribution is -2.37. The van der Waals surface area contributed by atoms with Gasteiger partial charge in [-0.25, -0.2) is 0 Å². The zero-order valence-electron chi connectivity index (χ0n) is 30.4. The summed E-state index contributed by atoms with van der Waals surface area (Å²) in [6.07, 6.45) is 6.59. The molecule has 0 fully saturated rings. The Morgan fingerprint density at radius 1 is 0.667 bits per heavy atom. The molecule has 0 aliphatic carbocycles. The molecule has 8 rings (SSSR count). The number of methoxy groups -OCH3 is 2. The van der Waals surface area contributed by atoms with E-state index in [0.717, 1.165) is 22.5 Å².